The average Bonchev–Trinajstić information content (AvgIpc) is 2.85. The van der Waals surface area contributed by atoms with Gasteiger partial charge in [-0.2, -0.15) is 0 Å². The van der Waals surface area contributed by atoms with E-state index < -0.39 is 30.1 Å². The molecule has 0 spiro atoms. The number of aliphatic carboxylic acids is 1. The standard InChI is InChI=1S/C12H20N2O5/c1-7(13-8(2)12(18)19-3)10(15)14-6-4-5-9(14)11(16)17/h7-9,13H,4-6H2,1-3H3,(H,16,17). The van der Waals surface area contributed by atoms with Crippen LogP contribution >= 0.6 is 0 Å². The summed E-state index contributed by atoms with van der Waals surface area (Å²) < 4.78 is 4.56. The number of hydrogen-bond donors (Lipinski definition) is 2. The summed E-state index contributed by atoms with van der Waals surface area (Å²) in [6.07, 6.45) is 1.16. The highest BCUT2D eigenvalue weighted by atomic mass is 16.5. The van der Waals surface area contributed by atoms with E-state index in [9.17, 15) is 14.4 Å². The molecule has 0 aliphatic carbocycles. The molecule has 1 aliphatic heterocycles. The normalized spacial score (nSPS) is 21.8. The zero-order chi connectivity index (χ0) is 14.6. The summed E-state index contributed by atoms with van der Waals surface area (Å²) in [5.74, 6) is -1.75. The molecule has 1 heterocycles. The number of carboxylic acid groups (broad SMARTS) is 1. The molecule has 1 amide bonds. The van der Waals surface area contributed by atoms with Crippen molar-refractivity contribution in [3.05, 3.63) is 0 Å². The van der Waals surface area contributed by atoms with Gasteiger partial charge >= 0.3 is 11.9 Å². The monoisotopic (exact) mass is 272 g/mol. The Morgan fingerprint density at radius 1 is 1.32 bits per heavy atom. The van der Waals surface area contributed by atoms with Gasteiger partial charge in [0.25, 0.3) is 0 Å². The number of carbonyl (C=O) groups excluding carboxylic acids is 2. The van der Waals surface area contributed by atoms with E-state index in [1.54, 1.807) is 13.8 Å². The van der Waals surface area contributed by atoms with Gasteiger partial charge < -0.3 is 14.7 Å². The van der Waals surface area contributed by atoms with Crippen LogP contribution in [-0.4, -0.2) is 59.6 Å². The van der Waals surface area contributed by atoms with E-state index in [1.807, 2.05) is 0 Å². The second kappa shape index (κ2) is 6.51. The van der Waals surface area contributed by atoms with E-state index >= 15 is 0 Å². The summed E-state index contributed by atoms with van der Waals surface area (Å²) in [5, 5.41) is 11.8. The zero-order valence-electron chi connectivity index (χ0n) is 11.4. The highest BCUT2D eigenvalue weighted by Crippen LogP contribution is 2.18. The van der Waals surface area contributed by atoms with Gasteiger partial charge in [0.05, 0.1) is 13.2 Å². The maximum absolute atomic E-state index is 12.2. The summed E-state index contributed by atoms with van der Waals surface area (Å²) in [4.78, 5) is 35.8. The molecule has 1 aliphatic rings. The molecule has 0 aromatic heterocycles. The lowest BCUT2D eigenvalue weighted by Gasteiger charge is -2.26. The Bertz CT molecular complexity index is 371. The molecule has 0 bridgehead atoms. The van der Waals surface area contributed by atoms with Crippen LogP contribution in [0.4, 0.5) is 0 Å². The van der Waals surface area contributed by atoms with Crippen molar-refractivity contribution in [3.63, 3.8) is 0 Å². The Morgan fingerprint density at radius 3 is 2.47 bits per heavy atom. The molecule has 7 heteroatoms. The first-order chi connectivity index (χ1) is 8.88. The van der Waals surface area contributed by atoms with Crippen LogP contribution in [0.15, 0.2) is 0 Å². The Morgan fingerprint density at radius 2 is 1.95 bits per heavy atom. The zero-order valence-corrected chi connectivity index (χ0v) is 11.4. The average molecular weight is 272 g/mol. The van der Waals surface area contributed by atoms with E-state index in [1.165, 1.54) is 12.0 Å². The van der Waals surface area contributed by atoms with Crippen LogP contribution in [0.25, 0.3) is 0 Å². The largest absolute Gasteiger partial charge is 0.480 e. The van der Waals surface area contributed by atoms with Crippen LogP contribution in [0.2, 0.25) is 0 Å². The van der Waals surface area contributed by atoms with E-state index in [-0.39, 0.29) is 5.91 Å². The summed E-state index contributed by atoms with van der Waals surface area (Å²) in [6, 6.07) is -2.01. The quantitative estimate of drug-likeness (QED) is 0.661. The topological polar surface area (TPSA) is 95.9 Å². The number of esters is 1. The van der Waals surface area contributed by atoms with Gasteiger partial charge in [0.2, 0.25) is 5.91 Å². The number of methoxy groups -OCH3 is 1. The molecule has 3 unspecified atom stereocenters. The van der Waals surface area contributed by atoms with Crippen LogP contribution in [-0.2, 0) is 19.1 Å². The number of rotatable bonds is 5. The number of carboxylic acids is 1. The van der Waals surface area contributed by atoms with Crippen LogP contribution in [0.5, 0.6) is 0 Å². The Labute approximate surface area is 111 Å². The van der Waals surface area contributed by atoms with E-state index in [0.29, 0.717) is 19.4 Å². The SMILES string of the molecule is COC(=O)C(C)NC(C)C(=O)N1CCCC1C(=O)O. The summed E-state index contributed by atoms with van der Waals surface area (Å²) in [7, 11) is 1.27. The molecule has 0 saturated carbocycles. The molecule has 0 aromatic rings. The first-order valence-electron chi connectivity index (χ1n) is 6.25. The van der Waals surface area contributed by atoms with Gasteiger partial charge in [-0.1, -0.05) is 0 Å². The van der Waals surface area contributed by atoms with Crippen molar-refractivity contribution in [2.24, 2.45) is 0 Å². The van der Waals surface area contributed by atoms with Gasteiger partial charge in [-0.25, -0.2) is 4.79 Å². The Balaban J connectivity index is 2.61. The van der Waals surface area contributed by atoms with Crippen molar-refractivity contribution in [2.75, 3.05) is 13.7 Å². The number of likely N-dealkylation sites (tertiary alicyclic amines) is 1. The molecule has 1 saturated heterocycles. The van der Waals surface area contributed by atoms with Crippen molar-refractivity contribution in [1.82, 2.24) is 10.2 Å². The molecule has 2 N–H and O–H groups in total. The third-order valence-electron chi connectivity index (χ3n) is 3.25. The van der Waals surface area contributed by atoms with Crippen LogP contribution in [0.1, 0.15) is 26.7 Å². The number of ether oxygens (including phenoxy) is 1. The Hall–Kier alpha value is -1.63. The second-order valence-corrected chi connectivity index (χ2v) is 4.66. The molecule has 7 nitrogen and oxygen atoms in total. The highest BCUT2D eigenvalue weighted by molar-refractivity contribution is 5.88. The minimum atomic E-state index is -0.987. The minimum Gasteiger partial charge on any atom is -0.480 e. The van der Waals surface area contributed by atoms with Crippen LogP contribution in [0.3, 0.4) is 0 Å². The second-order valence-electron chi connectivity index (χ2n) is 4.66. The predicted molar refractivity (Wildman–Crippen MR) is 66.4 cm³/mol. The maximum Gasteiger partial charge on any atom is 0.326 e. The van der Waals surface area contributed by atoms with E-state index in [2.05, 4.69) is 10.1 Å². The first-order valence-corrected chi connectivity index (χ1v) is 6.25. The van der Waals surface area contributed by atoms with Gasteiger partial charge in [0.1, 0.15) is 12.1 Å². The number of nitrogens with one attached hydrogen (secondary N) is 1. The third-order valence-corrected chi connectivity index (χ3v) is 3.25. The molecule has 3 atom stereocenters. The van der Waals surface area contributed by atoms with Crippen molar-refractivity contribution in [3.8, 4) is 0 Å². The molecular weight excluding hydrogens is 252 g/mol. The molecular formula is C12H20N2O5. The number of nitrogens with zero attached hydrogens (tertiary/aromatic N) is 1. The van der Waals surface area contributed by atoms with E-state index in [4.69, 9.17) is 5.11 Å². The first kappa shape index (κ1) is 15.4. The molecule has 1 rings (SSSR count). The lowest BCUT2D eigenvalue weighted by molar-refractivity contribution is -0.149. The van der Waals surface area contributed by atoms with Crippen LogP contribution < -0.4 is 5.32 Å². The molecule has 0 aromatic carbocycles. The van der Waals surface area contributed by atoms with E-state index in [0.717, 1.165) is 0 Å². The van der Waals surface area contributed by atoms with Crippen molar-refractivity contribution in [2.45, 2.75) is 44.8 Å². The smallest absolute Gasteiger partial charge is 0.326 e. The van der Waals surface area contributed by atoms with Gasteiger partial charge in [-0.3, -0.25) is 14.9 Å². The number of hydrogen-bond acceptors (Lipinski definition) is 5. The third kappa shape index (κ3) is 3.66. The van der Waals surface area contributed by atoms with Crippen molar-refractivity contribution < 1.29 is 24.2 Å². The minimum absolute atomic E-state index is 0.305. The van der Waals surface area contributed by atoms with Gasteiger partial charge in [-0.15, -0.1) is 0 Å². The van der Waals surface area contributed by atoms with Gasteiger partial charge in [-0.05, 0) is 26.7 Å². The maximum atomic E-state index is 12.2. The van der Waals surface area contributed by atoms with Gasteiger partial charge in [0, 0.05) is 6.54 Å². The summed E-state index contributed by atoms with van der Waals surface area (Å²) in [6.45, 7) is 3.64. The fourth-order valence-corrected chi connectivity index (χ4v) is 2.23. The number of amides is 1. The van der Waals surface area contributed by atoms with Gasteiger partial charge in [0.15, 0.2) is 0 Å². The summed E-state index contributed by atoms with van der Waals surface area (Å²) >= 11 is 0. The molecule has 1 fully saturated rings. The number of carbonyl (C=O) groups is 3. The lowest BCUT2D eigenvalue weighted by atomic mass is 10.2. The van der Waals surface area contributed by atoms with Crippen LogP contribution in [0, 0.1) is 0 Å². The highest BCUT2D eigenvalue weighted by Gasteiger charge is 2.36. The Kier molecular flexibility index (Phi) is 5.29. The predicted octanol–water partition coefficient (Wildman–Crippen LogP) is -0.398. The molecule has 108 valence electrons. The van der Waals surface area contributed by atoms with Crippen molar-refractivity contribution >= 4 is 17.8 Å². The fraction of sp³-hybridized carbons (Fsp3) is 0.750. The molecule has 0 radical (unpaired) electrons. The van der Waals surface area contributed by atoms with Crippen molar-refractivity contribution in [1.29, 1.82) is 0 Å². The lowest BCUT2D eigenvalue weighted by Crippen LogP contribution is -2.52. The summed E-state index contributed by atoms with van der Waals surface area (Å²) in [5.41, 5.74) is 0. The fourth-order valence-electron chi connectivity index (χ4n) is 2.23. The molecule has 19 heavy (non-hydrogen) atoms.